The van der Waals surface area contributed by atoms with E-state index in [1.54, 1.807) is 31.0 Å². The first kappa shape index (κ1) is 35.0. The number of ether oxygens (including phenoxy) is 2. The molecule has 1 N–H and O–H groups in total. The van der Waals surface area contributed by atoms with E-state index in [4.69, 9.17) is 19.7 Å². The number of aromatic amines is 1. The molecule has 2 aliphatic rings. The van der Waals surface area contributed by atoms with Crippen LogP contribution in [0.15, 0.2) is 52.2 Å². The number of aromatic nitrogens is 8. The maximum atomic E-state index is 13.3. The topological polar surface area (TPSA) is 165 Å². The lowest BCUT2D eigenvalue weighted by atomic mass is 9.83. The third-order valence-electron chi connectivity index (χ3n) is 10.3. The van der Waals surface area contributed by atoms with Crippen LogP contribution in [0.2, 0.25) is 0 Å². The predicted molar refractivity (Wildman–Crippen MR) is 207 cm³/mol. The fraction of sp³-hybridized carbons (Fsp3) is 0.410. The van der Waals surface area contributed by atoms with Crippen LogP contribution in [0.5, 0.6) is 5.75 Å². The molecule has 54 heavy (non-hydrogen) atoms. The molecule has 8 rings (SSSR count). The summed E-state index contributed by atoms with van der Waals surface area (Å²) in [6.45, 7) is 11.6. The molecule has 0 saturated carbocycles. The molecular formula is C39H43N11O4. The molecule has 0 spiro atoms. The van der Waals surface area contributed by atoms with Gasteiger partial charge in [0.15, 0.2) is 5.82 Å². The summed E-state index contributed by atoms with van der Waals surface area (Å²) >= 11 is 0. The van der Waals surface area contributed by atoms with Crippen molar-refractivity contribution in [3.8, 4) is 40.2 Å². The molecule has 2 aromatic carbocycles. The maximum Gasteiger partial charge on any atom is 0.290 e. The summed E-state index contributed by atoms with van der Waals surface area (Å²) in [6.07, 6.45) is 3.70. The minimum atomic E-state index is -0.861. The third-order valence-corrected chi connectivity index (χ3v) is 10.3. The second-order valence-corrected chi connectivity index (χ2v) is 14.8. The number of morpholine rings is 1. The minimum Gasteiger partial charge on any atom is -0.490 e. The van der Waals surface area contributed by atoms with Gasteiger partial charge < -0.3 is 19.3 Å². The molecule has 0 radical (unpaired) electrons. The summed E-state index contributed by atoms with van der Waals surface area (Å²) in [5.41, 5.74) is 4.95. The van der Waals surface area contributed by atoms with Crippen molar-refractivity contribution in [3.05, 3.63) is 68.9 Å². The predicted octanol–water partition coefficient (Wildman–Crippen LogP) is 4.45. The second-order valence-electron chi connectivity index (χ2n) is 14.8. The van der Waals surface area contributed by atoms with E-state index in [1.165, 1.54) is 9.36 Å². The number of benzene rings is 2. The van der Waals surface area contributed by atoms with Crippen LogP contribution in [0, 0.1) is 11.3 Å². The van der Waals surface area contributed by atoms with Gasteiger partial charge in [-0.3, -0.25) is 14.7 Å². The van der Waals surface area contributed by atoms with E-state index in [-0.39, 0.29) is 17.2 Å². The average Bonchev–Trinajstić information content (AvgIpc) is 3.94. The van der Waals surface area contributed by atoms with Crippen molar-refractivity contribution in [3.63, 3.8) is 0 Å². The smallest absolute Gasteiger partial charge is 0.290 e. The number of nitriles is 1. The van der Waals surface area contributed by atoms with Gasteiger partial charge in [0.1, 0.15) is 28.5 Å². The van der Waals surface area contributed by atoms with Gasteiger partial charge >= 0.3 is 0 Å². The van der Waals surface area contributed by atoms with Crippen molar-refractivity contribution in [1.29, 1.82) is 5.26 Å². The van der Waals surface area contributed by atoms with E-state index in [9.17, 15) is 14.9 Å². The van der Waals surface area contributed by atoms with Gasteiger partial charge in [-0.1, -0.05) is 0 Å². The van der Waals surface area contributed by atoms with E-state index >= 15 is 0 Å². The van der Waals surface area contributed by atoms with Gasteiger partial charge in [-0.25, -0.2) is 14.0 Å². The van der Waals surface area contributed by atoms with Crippen LogP contribution in [-0.4, -0.2) is 85.0 Å². The quantitative estimate of drug-likeness (QED) is 0.235. The summed E-state index contributed by atoms with van der Waals surface area (Å²) < 4.78 is 16.5. The SMILES string of the molecule is CC(C)Oc1cc2c(-c3cc(N4CCCC4)c(=O)n(C)n3)n[nH]c2cc1-c1cc(C(C)(C)C#N)cc2c1cnn2-c1cc(N2CCOCC2)c(=O)n(C)n1. The van der Waals surface area contributed by atoms with Crippen LogP contribution in [0.1, 0.15) is 46.1 Å². The molecule has 2 fully saturated rings. The van der Waals surface area contributed by atoms with Crippen molar-refractivity contribution < 1.29 is 9.47 Å². The maximum absolute atomic E-state index is 13.3. The molecule has 0 bridgehead atoms. The fourth-order valence-electron chi connectivity index (χ4n) is 7.36. The number of anilines is 2. The van der Waals surface area contributed by atoms with Crippen LogP contribution in [-0.2, 0) is 24.2 Å². The van der Waals surface area contributed by atoms with Gasteiger partial charge in [-0.15, -0.1) is 5.10 Å². The van der Waals surface area contributed by atoms with Gasteiger partial charge in [0.2, 0.25) is 0 Å². The van der Waals surface area contributed by atoms with Gasteiger partial charge in [-0.05, 0) is 82.0 Å². The Labute approximate surface area is 311 Å². The summed E-state index contributed by atoms with van der Waals surface area (Å²) in [5, 5.41) is 33.9. The lowest BCUT2D eigenvalue weighted by molar-refractivity contribution is 0.122. The average molecular weight is 730 g/mol. The lowest BCUT2D eigenvalue weighted by Gasteiger charge is -2.28. The van der Waals surface area contributed by atoms with E-state index in [0.29, 0.717) is 60.6 Å². The van der Waals surface area contributed by atoms with E-state index < -0.39 is 5.41 Å². The molecule has 2 aliphatic heterocycles. The first-order chi connectivity index (χ1) is 25.9. The van der Waals surface area contributed by atoms with E-state index in [1.807, 2.05) is 62.9 Å². The molecule has 0 atom stereocenters. The molecule has 15 heteroatoms. The van der Waals surface area contributed by atoms with Crippen LogP contribution >= 0.6 is 0 Å². The van der Waals surface area contributed by atoms with Crippen LogP contribution in [0.4, 0.5) is 11.4 Å². The van der Waals surface area contributed by atoms with Crippen LogP contribution in [0.25, 0.3) is 50.1 Å². The van der Waals surface area contributed by atoms with E-state index in [2.05, 4.69) is 26.3 Å². The zero-order valence-electron chi connectivity index (χ0n) is 31.4. The summed E-state index contributed by atoms with van der Waals surface area (Å²) in [7, 11) is 3.30. The number of aryl methyl sites for hydroxylation is 2. The minimum absolute atomic E-state index is 0.137. The zero-order valence-corrected chi connectivity index (χ0v) is 31.4. The highest BCUT2D eigenvalue weighted by atomic mass is 16.5. The normalized spacial score (nSPS) is 15.1. The molecular weight excluding hydrogens is 687 g/mol. The number of H-pyrrole nitrogens is 1. The Morgan fingerprint density at radius 1 is 0.870 bits per heavy atom. The summed E-state index contributed by atoms with van der Waals surface area (Å²) in [6, 6.07) is 14.0. The Balaban J connectivity index is 1.32. The van der Waals surface area contributed by atoms with Crippen molar-refractivity contribution in [2.24, 2.45) is 14.1 Å². The number of nitrogens with zero attached hydrogens (tertiary/aromatic N) is 10. The monoisotopic (exact) mass is 729 g/mol. The molecule has 6 heterocycles. The summed E-state index contributed by atoms with van der Waals surface area (Å²) in [5.74, 6) is 1.08. The number of rotatable bonds is 8. The van der Waals surface area contributed by atoms with Crippen molar-refractivity contribution in [2.45, 2.75) is 52.1 Å². The van der Waals surface area contributed by atoms with Gasteiger partial charge in [0.05, 0.1) is 48.0 Å². The largest absolute Gasteiger partial charge is 0.490 e. The van der Waals surface area contributed by atoms with E-state index in [0.717, 1.165) is 64.4 Å². The molecule has 6 aromatic rings. The number of nitrogens with one attached hydrogen (secondary N) is 1. The second kappa shape index (κ2) is 13.4. The van der Waals surface area contributed by atoms with Crippen molar-refractivity contribution in [1.82, 2.24) is 39.5 Å². The Bertz CT molecular complexity index is 2580. The Hall–Kier alpha value is -6.01. The van der Waals surface area contributed by atoms with Crippen LogP contribution in [0.3, 0.4) is 0 Å². The van der Waals surface area contributed by atoms with Gasteiger partial charge in [-0.2, -0.15) is 20.6 Å². The van der Waals surface area contributed by atoms with Crippen molar-refractivity contribution >= 4 is 33.2 Å². The third kappa shape index (κ3) is 6.06. The fourth-order valence-corrected chi connectivity index (χ4v) is 7.36. The standard InChI is InChI=1S/C39H43N11O4/c1-23(2)54-34-18-27-29(42-43-36(27)30-19-32(37(51)46(5)44-30)48-9-7-8-10-48)17-26(34)25-15-24(39(3,4)22-40)16-31-28(25)21-41-50(31)35-20-33(38(52)47(6)45-35)49-11-13-53-14-12-49/h15-21,23H,7-14H2,1-6H3,(H,42,43). The highest BCUT2D eigenvalue weighted by molar-refractivity contribution is 6.02. The number of fused-ring (bicyclic) bond motifs is 2. The Morgan fingerprint density at radius 3 is 2.26 bits per heavy atom. The molecule has 4 aromatic heterocycles. The molecule has 278 valence electrons. The molecule has 2 saturated heterocycles. The van der Waals surface area contributed by atoms with Crippen LogP contribution < -0.4 is 25.7 Å². The van der Waals surface area contributed by atoms with Gasteiger partial charge in [0, 0.05) is 62.7 Å². The molecule has 0 unspecified atom stereocenters. The lowest BCUT2D eigenvalue weighted by Crippen LogP contribution is -2.40. The Kier molecular flexibility index (Phi) is 8.72. The van der Waals surface area contributed by atoms with Crippen molar-refractivity contribution in [2.75, 3.05) is 49.2 Å². The number of hydrogen-bond acceptors (Lipinski definition) is 11. The first-order valence-electron chi connectivity index (χ1n) is 18.3. The molecule has 0 aliphatic carbocycles. The number of hydrogen-bond donors (Lipinski definition) is 1. The first-order valence-corrected chi connectivity index (χ1v) is 18.3. The van der Waals surface area contributed by atoms with Gasteiger partial charge in [0.25, 0.3) is 11.1 Å². The molecule has 0 amide bonds. The summed E-state index contributed by atoms with van der Waals surface area (Å²) in [4.78, 5) is 30.5. The Morgan fingerprint density at radius 2 is 1.56 bits per heavy atom. The molecule has 15 nitrogen and oxygen atoms in total. The zero-order chi connectivity index (χ0) is 37.9. The highest BCUT2D eigenvalue weighted by Crippen LogP contribution is 2.42. The highest BCUT2D eigenvalue weighted by Gasteiger charge is 2.27.